The summed E-state index contributed by atoms with van der Waals surface area (Å²) < 4.78 is 13.5. The van der Waals surface area contributed by atoms with Crippen LogP contribution in [0.15, 0.2) is 42.6 Å². The summed E-state index contributed by atoms with van der Waals surface area (Å²) in [5.74, 6) is 1.38. The van der Waals surface area contributed by atoms with Gasteiger partial charge in [-0.05, 0) is 49.1 Å². The molecule has 3 aromatic rings. The number of rotatable bonds is 11. The number of aryl methyl sites for hydroxylation is 1. The van der Waals surface area contributed by atoms with Gasteiger partial charge in [-0.3, -0.25) is 9.69 Å². The Kier molecular flexibility index (Phi) is 8.81. The largest absolute Gasteiger partial charge is 0.493 e. The number of carbonyl (C=O) groups excluding carboxylic acids is 2. The van der Waals surface area contributed by atoms with Crippen LogP contribution in [0.3, 0.4) is 0 Å². The Labute approximate surface area is 225 Å². The molecule has 1 saturated heterocycles. The maximum Gasteiger partial charge on any atom is 0.324 e. The van der Waals surface area contributed by atoms with Crippen molar-refractivity contribution in [3.05, 3.63) is 53.7 Å². The van der Waals surface area contributed by atoms with E-state index in [0.717, 1.165) is 53.4 Å². The second-order valence-electron chi connectivity index (χ2n) is 10.1. The number of likely N-dealkylation sites (N-methyl/N-ethyl adjacent to an activating group) is 1. The summed E-state index contributed by atoms with van der Waals surface area (Å²) >= 11 is 0. The minimum atomic E-state index is -0.0183. The van der Waals surface area contributed by atoms with Crippen LogP contribution >= 0.6 is 0 Å². The van der Waals surface area contributed by atoms with Crippen LogP contribution in [0.2, 0.25) is 0 Å². The van der Waals surface area contributed by atoms with Gasteiger partial charge in [0.05, 0.1) is 13.7 Å². The second-order valence-corrected chi connectivity index (χ2v) is 10.1. The Balaban J connectivity index is 1.55. The SMILES string of the molecule is CCCCCOc1cc(N2CCCN(Cc3cccc4c3c(C)cn4CC(=O)N(C)C)C2=O)ccc1OC. The highest BCUT2D eigenvalue weighted by molar-refractivity contribution is 5.94. The Morgan fingerprint density at radius 1 is 1.08 bits per heavy atom. The molecule has 0 radical (unpaired) electrons. The van der Waals surface area contributed by atoms with Gasteiger partial charge in [-0.1, -0.05) is 31.9 Å². The first-order chi connectivity index (χ1) is 18.3. The first-order valence-corrected chi connectivity index (χ1v) is 13.5. The summed E-state index contributed by atoms with van der Waals surface area (Å²) in [7, 11) is 5.17. The fourth-order valence-corrected chi connectivity index (χ4v) is 5.05. The van der Waals surface area contributed by atoms with Crippen molar-refractivity contribution >= 4 is 28.5 Å². The van der Waals surface area contributed by atoms with Gasteiger partial charge in [0.15, 0.2) is 11.5 Å². The van der Waals surface area contributed by atoms with Gasteiger partial charge in [0.2, 0.25) is 5.91 Å². The van der Waals surface area contributed by atoms with Crippen molar-refractivity contribution in [2.75, 3.05) is 45.8 Å². The van der Waals surface area contributed by atoms with E-state index in [2.05, 4.69) is 19.9 Å². The van der Waals surface area contributed by atoms with Gasteiger partial charge >= 0.3 is 6.03 Å². The van der Waals surface area contributed by atoms with Crippen LogP contribution in [0.1, 0.15) is 43.7 Å². The summed E-state index contributed by atoms with van der Waals surface area (Å²) in [6.07, 6.45) is 6.13. The molecule has 8 heteroatoms. The molecule has 0 atom stereocenters. The molecular formula is C30H40N4O4. The zero-order valence-electron chi connectivity index (χ0n) is 23.3. The van der Waals surface area contributed by atoms with Gasteiger partial charge in [-0.25, -0.2) is 4.79 Å². The maximum absolute atomic E-state index is 13.7. The van der Waals surface area contributed by atoms with Crippen molar-refractivity contribution in [3.63, 3.8) is 0 Å². The van der Waals surface area contributed by atoms with E-state index in [1.807, 2.05) is 50.9 Å². The van der Waals surface area contributed by atoms with Crippen molar-refractivity contribution in [1.29, 1.82) is 0 Å². The highest BCUT2D eigenvalue weighted by Gasteiger charge is 2.28. The standard InChI is InChI=1S/C30H40N4O4/c1-6-7-8-17-38-27-18-24(13-14-26(27)37-5)34-16-10-15-32(30(34)36)20-23-11-9-12-25-29(23)22(2)19-33(25)21-28(35)31(3)4/h9,11-14,18-19H,6-8,10,15-17,20-21H2,1-5H3. The minimum absolute atomic E-state index is 0.0183. The number of hydrogen-bond donors (Lipinski definition) is 0. The Morgan fingerprint density at radius 3 is 2.63 bits per heavy atom. The molecule has 1 aliphatic heterocycles. The third-order valence-electron chi connectivity index (χ3n) is 7.12. The number of amides is 3. The summed E-state index contributed by atoms with van der Waals surface area (Å²) in [4.78, 5) is 31.4. The van der Waals surface area contributed by atoms with Gasteiger partial charge in [-0.2, -0.15) is 0 Å². The molecule has 1 fully saturated rings. The zero-order chi connectivity index (χ0) is 27.2. The molecule has 38 heavy (non-hydrogen) atoms. The van der Waals surface area contributed by atoms with E-state index in [0.29, 0.717) is 37.7 Å². The average molecular weight is 521 g/mol. The number of methoxy groups -OCH3 is 1. The number of aromatic nitrogens is 1. The Hall–Kier alpha value is -3.68. The maximum atomic E-state index is 13.7. The highest BCUT2D eigenvalue weighted by atomic mass is 16.5. The van der Waals surface area contributed by atoms with E-state index < -0.39 is 0 Å². The van der Waals surface area contributed by atoms with E-state index in [1.54, 1.807) is 26.1 Å². The number of urea groups is 1. The second kappa shape index (κ2) is 12.2. The lowest BCUT2D eigenvalue weighted by atomic mass is 10.1. The lowest BCUT2D eigenvalue weighted by molar-refractivity contribution is -0.129. The summed E-state index contributed by atoms with van der Waals surface area (Å²) in [6, 6.07) is 11.8. The number of anilines is 1. The summed E-state index contributed by atoms with van der Waals surface area (Å²) in [5, 5.41) is 1.11. The molecule has 0 N–H and O–H groups in total. The number of ether oxygens (including phenoxy) is 2. The molecule has 0 saturated carbocycles. The predicted octanol–water partition coefficient (Wildman–Crippen LogP) is 5.45. The molecule has 0 unspecified atom stereocenters. The van der Waals surface area contributed by atoms with E-state index in [1.165, 1.54) is 0 Å². The number of nitrogens with zero attached hydrogens (tertiary/aromatic N) is 4. The van der Waals surface area contributed by atoms with Gasteiger partial charge in [0.25, 0.3) is 0 Å². The van der Waals surface area contributed by atoms with E-state index in [4.69, 9.17) is 9.47 Å². The van der Waals surface area contributed by atoms with Gasteiger partial charge in [-0.15, -0.1) is 0 Å². The molecule has 0 aliphatic carbocycles. The number of unbranched alkanes of at least 4 members (excludes halogenated alkanes) is 2. The third kappa shape index (κ3) is 5.90. The zero-order valence-corrected chi connectivity index (χ0v) is 23.3. The van der Waals surface area contributed by atoms with Crippen LogP contribution in [-0.2, 0) is 17.9 Å². The van der Waals surface area contributed by atoms with Crippen LogP contribution in [0.25, 0.3) is 10.9 Å². The molecule has 0 bridgehead atoms. The topological polar surface area (TPSA) is 67.2 Å². The van der Waals surface area contributed by atoms with Crippen LogP contribution in [-0.4, -0.2) is 67.2 Å². The first-order valence-electron chi connectivity index (χ1n) is 13.5. The fraction of sp³-hybridized carbons (Fsp3) is 0.467. The number of carbonyl (C=O) groups is 2. The van der Waals surface area contributed by atoms with Crippen molar-refractivity contribution in [2.24, 2.45) is 0 Å². The lowest BCUT2D eigenvalue weighted by Gasteiger charge is -2.36. The van der Waals surface area contributed by atoms with Crippen molar-refractivity contribution in [2.45, 2.75) is 52.6 Å². The molecule has 3 amide bonds. The highest BCUT2D eigenvalue weighted by Crippen LogP contribution is 2.34. The average Bonchev–Trinajstić information content (AvgIpc) is 3.23. The molecule has 8 nitrogen and oxygen atoms in total. The number of benzene rings is 2. The quantitative estimate of drug-likeness (QED) is 0.316. The molecule has 2 aromatic carbocycles. The molecule has 1 aliphatic rings. The molecule has 1 aromatic heterocycles. The molecule has 0 spiro atoms. The predicted molar refractivity (Wildman–Crippen MR) is 151 cm³/mol. The molecule has 204 valence electrons. The van der Waals surface area contributed by atoms with E-state index in [-0.39, 0.29) is 18.5 Å². The van der Waals surface area contributed by atoms with Gasteiger partial charge in [0, 0.05) is 62.6 Å². The summed E-state index contributed by atoms with van der Waals surface area (Å²) in [5.41, 5.74) is 4.01. The first kappa shape index (κ1) is 27.4. The Morgan fingerprint density at radius 2 is 1.89 bits per heavy atom. The third-order valence-corrected chi connectivity index (χ3v) is 7.12. The minimum Gasteiger partial charge on any atom is -0.493 e. The van der Waals surface area contributed by atoms with Crippen LogP contribution in [0.5, 0.6) is 11.5 Å². The van der Waals surface area contributed by atoms with Crippen LogP contribution in [0.4, 0.5) is 10.5 Å². The Bertz CT molecular complexity index is 1280. The number of fused-ring (bicyclic) bond motifs is 1. The normalized spacial score (nSPS) is 13.8. The number of hydrogen-bond acceptors (Lipinski definition) is 4. The van der Waals surface area contributed by atoms with Crippen molar-refractivity contribution in [3.8, 4) is 11.5 Å². The van der Waals surface area contributed by atoms with Crippen LogP contribution < -0.4 is 14.4 Å². The monoisotopic (exact) mass is 520 g/mol. The van der Waals surface area contributed by atoms with Crippen LogP contribution in [0, 0.1) is 6.92 Å². The van der Waals surface area contributed by atoms with Gasteiger partial charge in [0.1, 0.15) is 6.54 Å². The van der Waals surface area contributed by atoms with Gasteiger partial charge < -0.3 is 23.8 Å². The smallest absolute Gasteiger partial charge is 0.324 e. The van der Waals surface area contributed by atoms with Crippen molar-refractivity contribution < 1.29 is 19.1 Å². The molecule has 2 heterocycles. The van der Waals surface area contributed by atoms with E-state index in [9.17, 15) is 9.59 Å². The van der Waals surface area contributed by atoms with E-state index >= 15 is 0 Å². The molecular weight excluding hydrogens is 480 g/mol. The lowest BCUT2D eigenvalue weighted by Crippen LogP contribution is -2.49. The van der Waals surface area contributed by atoms with Crippen molar-refractivity contribution in [1.82, 2.24) is 14.4 Å². The summed E-state index contributed by atoms with van der Waals surface area (Å²) in [6.45, 7) is 7.00. The fourth-order valence-electron chi connectivity index (χ4n) is 5.05. The molecule has 4 rings (SSSR count).